The molecule has 0 spiro atoms. The summed E-state index contributed by atoms with van der Waals surface area (Å²) in [5, 5.41) is 9.77. The molecule has 1 aromatic heterocycles. The van der Waals surface area contributed by atoms with Gasteiger partial charge in [0, 0.05) is 25.0 Å². The number of amides is 1. The Morgan fingerprint density at radius 1 is 1.11 bits per heavy atom. The zero-order chi connectivity index (χ0) is 18.2. The molecule has 0 radical (unpaired) electrons. The zero-order valence-electron chi connectivity index (χ0n) is 15.4. The van der Waals surface area contributed by atoms with Gasteiger partial charge in [-0.25, -0.2) is 0 Å². The van der Waals surface area contributed by atoms with Crippen LogP contribution in [0.25, 0.3) is 5.57 Å². The van der Waals surface area contributed by atoms with Crippen molar-refractivity contribution in [2.45, 2.75) is 49.2 Å². The molecule has 1 aromatic carbocycles. The molecule has 2 heterocycles. The number of carbonyl (C=O) groups is 1. The number of carbonyl (C=O) groups excluding carboxylic acids is 1. The summed E-state index contributed by atoms with van der Waals surface area (Å²) in [6, 6.07) is 11.0. The van der Waals surface area contributed by atoms with Gasteiger partial charge in [-0.15, -0.1) is 10.2 Å². The lowest BCUT2D eigenvalue weighted by molar-refractivity contribution is -0.127. The molecule has 2 saturated carbocycles. The summed E-state index contributed by atoms with van der Waals surface area (Å²) in [4.78, 5) is 14.6. The van der Waals surface area contributed by atoms with Gasteiger partial charge in [0.15, 0.2) is 5.16 Å². The molecule has 27 heavy (non-hydrogen) atoms. The van der Waals surface area contributed by atoms with E-state index >= 15 is 0 Å². The van der Waals surface area contributed by atoms with Gasteiger partial charge in [0.25, 0.3) is 0 Å². The van der Waals surface area contributed by atoms with Crippen molar-refractivity contribution in [3.63, 3.8) is 0 Å². The molecule has 0 saturated heterocycles. The first-order valence-corrected chi connectivity index (χ1v) is 10.9. The first-order valence-electron chi connectivity index (χ1n) is 9.89. The van der Waals surface area contributed by atoms with Crippen LogP contribution in [-0.2, 0) is 4.79 Å². The predicted octanol–water partition coefficient (Wildman–Crippen LogP) is 3.90. The van der Waals surface area contributed by atoms with Crippen molar-refractivity contribution in [2.75, 3.05) is 18.8 Å². The van der Waals surface area contributed by atoms with Gasteiger partial charge in [0.2, 0.25) is 5.91 Å². The molecule has 0 bridgehead atoms. The molecular formula is C21H24N4OS. The molecule has 0 atom stereocenters. The molecular weight excluding hydrogens is 356 g/mol. The first kappa shape index (κ1) is 17.0. The maximum atomic E-state index is 12.7. The minimum Gasteiger partial charge on any atom is -0.338 e. The summed E-state index contributed by atoms with van der Waals surface area (Å²) in [7, 11) is 0. The van der Waals surface area contributed by atoms with Crippen molar-refractivity contribution >= 4 is 23.2 Å². The number of rotatable bonds is 6. The van der Waals surface area contributed by atoms with Crippen molar-refractivity contribution in [3.05, 3.63) is 47.8 Å². The molecule has 1 amide bonds. The van der Waals surface area contributed by atoms with E-state index in [0.29, 0.717) is 24.3 Å². The number of hydrogen-bond donors (Lipinski definition) is 0. The molecule has 6 heteroatoms. The van der Waals surface area contributed by atoms with E-state index < -0.39 is 0 Å². The fourth-order valence-electron chi connectivity index (χ4n) is 3.71. The van der Waals surface area contributed by atoms with E-state index in [4.69, 9.17) is 0 Å². The second-order valence-electron chi connectivity index (χ2n) is 7.69. The van der Waals surface area contributed by atoms with Crippen LogP contribution in [0.4, 0.5) is 0 Å². The lowest BCUT2D eigenvalue weighted by Crippen LogP contribution is -2.35. The molecule has 140 valence electrons. The third-order valence-corrected chi connectivity index (χ3v) is 6.50. The Kier molecular flexibility index (Phi) is 4.52. The number of benzene rings is 1. The average Bonchev–Trinajstić information content (AvgIpc) is 3.66. The topological polar surface area (TPSA) is 51.0 Å². The van der Waals surface area contributed by atoms with E-state index in [-0.39, 0.29) is 5.91 Å². The van der Waals surface area contributed by atoms with Crippen molar-refractivity contribution in [2.24, 2.45) is 0 Å². The highest BCUT2D eigenvalue weighted by atomic mass is 32.2. The third-order valence-electron chi connectivity index (χ3n) is 5.58. The summed E-state index contributed by atoms with van der Waals surface area (Å²) in [5.74, 6) is 2.40. The molecule has 1 aliphatic heterocycles. The maximum absolute atomic E-state index is 12.7. The highest BCUT2D eigenvalue weighted by Crippen LogP contribution is 2.46. The van der Waals surface area contributed by atoms with Crippen LogP contribution in [0.3, 0.4) is 0 Å². The fraction of sp³-hybridized carbons (Fsp3) is 0.476. The molecule has 5 rings (SSSR count). The van der Waals surface area contributed by atoms with Crippen LogP contribution in [-0.4, -0.2) is 44.4 Å². The third kappa shape index (κ3) is 3.68. The summed E-state index contributed by atoms with van der Waals surface area (Å²) in [6.45, 7) is 1.50. The lowest BCUT2D eigenvalue weighted by atomic mass is 10.00. The van der Waals surface area contributed by atoms with E-state index in [1.165, 1.54) is 36.8 Å². The SMILES string of the molecule is O=C(CSc1nnc(C2CC2)n1C1CC1)N1CC=C(c2ccccc2)CC1. The van der Waals surface area contributed by atoms with Gasteiger partial charge >= 0.3 is 0 Å². The standard InChI is InChI=1S/C21H24N4OS/c26-19(24-12-10-16(11-13-24)15-4-2-1-3-5-15)14-27-21-23-22-20(17-6-7-17)25(21)18-8-9-18/h1-5,10,17-18H,6-9,11-14H2. The Hall–Kier alpha value is -2.08. The number of hydrogen-bond acceptors (Lipinski definition) is 4. The smallest absolute Gasteiger partial charge is 0.233 e. The van der Waals surface area contributed by atoms with Gasteiger partial charge in [0.05, 0.1) is 5.75 Å². The summed E-state index contributed by atoms with van der Waals surface area (Å²) >= 11 is 1.56. The Labute approximate surface area is 163 Å². The van der Waals surface area contributed by atoms with Gasteiger partial charge in [-0.1, -0.05) is 48.2 Å². The van der Waals surface area contributed by atoms with Crippen LogP contribution in [0.5, 0.6) is 0 Å². The monoisotopic (exact) mass is 380 g/mol. The highest BCUT2D eigenvalue weighted by molar-refractivity contribution is 7.99. The second-order valence-corrected chi connectivity index (χ2v) is 8.63. The van der Waals surface area contributed by atoms with Crippen LogP contribution in [0.2, 0.25) is 0 Å². The van der Waals surface area contributed by atoms with Gasteiger partial charge in [-0.05, 0) is 43.2 Å². The Bertz CT molecular complexity index is 868. The van der Waals surface area contributed by atoms with Crippen LogP contribution < -0.4 is 0 Å². The molecule has 2 fully saturated rings. The van der Waals surface area contributed by atoms with Gasteiger partial charge in [0.1, 0.15) is 5.82 Å². The molecule has 2 aromatic rings. The fourth-order valence-corrected chi connectivity index (χ4v) is 4.63. The summed E-state index contributed by atoms with van der Waals surface area (Å²) in [5.41, 5.74) is 2.61. The minimum absolute atomic E-state index is 0.196. The van der Waals surface area contributed by atoms with E-state index in [1.54, 1.807) is 11.8 Å². The molecule has 2 aliphatic carbocycles. The van der Waals surface area contributed by atoms with Crippen molar-refractivity contribution in [3.8, 4) is 0 Å². The predicted molar refractivity (Wildman–Crippen MR) is 107 cm³/mol. The molecule has 0 N–H and O–H groups in total. The van der Waals surface area contributed by atoms with Crippen LogP contribution >= 0.6 is 11.8 Å². The van der Waals surface area contributed by atoms with Gasteiger partial charge in [-0.2, -0.15) is 0 Å². The van der Waals surface area contributed by atoms with Crippen molar-refractivity contribution in [1.29, 1.82) is 0 Å². The first-order chi connectivity index (χ1) is 13.3. The van der Waals surface area contributed by atoms with Crippen LogP contribution in [0.15, 0.2) is 41.6 Å². The van der Waals surface area contributed by atoms with E-state index in [9.17, 15) is 4.79 Å². The quantitative estimate of drug-likeness (QED) is 0.713. The lowest BCUT2D eigenvalue weighted by Gasteiger charge is -2.26. The van der Waals surface area contributed by atoms with Gasteiger partial charge in [-0.3, -0.25) is 4.79 Å². The Morgan fingerprint density at radius 2 is 1.93 bits per heavy atom. The van der Waals surface area contributed by atoms with E-state index in [0.717, 1.165) is 23.9 Å². The van der Waals surface area contributed by atoms with Crippen LogP contribution in [0.1, 0.15) is 55.5 Å². The Morgan fingerprint density at radius 3 is 2.59 bits per heavy atom. The number of aromatic nitrogens is 3. The minimum atomic E-state index is 0.196. The molecule has 0 unspecified atom stereocenters. The largest absolute Gasteiger partial charge is 0.338 e. The maximum Gasteiger partial charge on any atom is 0.233 e. The van der Waals surface area contributed by atoms with E-state index in [2.05, 4.69) is 45.1 Å². The van der Waals surface area contributed by atoms with Crippen LogP contribution in [0, 0.1) is 0 Å². The molecule has 5 nitrogen and oxygen atoms in total. The number of thioether (sulfide) groups is 1. The van der Waals surface area contributed by atoms with Crippen molar-refractivity contribution < 1.29 is 4.79 Å². The molecule has 3 aliphatic rings. The van der Waals surface area contributed by atoms with Gasteiger partial charge < -0.3 is 9.47 Å². The van der Waals surface area contributed by atoms with E-state index in [1.807, 2.05) is 11.0 Å². The zero-order valence-corrected chi connectivity index (χ0v) is 16.2. The number of nitrogens with zero attached hydrogens (tertiary/aromatic N) is 4. The second kappa shape index (κ2) is 7.15. The summed E-state index contributed by atoms with van der Waals surface area (Å²) < 4.78 is 2.32. The average molecular weight is 381 g/mol. The Balaban J connectivity index is 1.20. The summed E-state index contributed by atoms with van der Waals surface area (Å²) in [6.07, 6.45) is 8.03. The normalized spacial score (nSPS) is 19.9. The van der Waals surface area contributed by atoms with Crippen molar-refractivity contribution in [1.82, 2.24) is 19.7 Å². The highest BCUT2D eigenvalue weighted by Gasteiger charge is 2.36.